The van der Waals surface area contributed by atoms with Crippen LogP contribution in [0.5, 0.6) is 0 Å². The second-order valence-corrected chi connectivity index (χ2v) is 4.90. The van der Waals surface area contributed by atoms with Crippen LogP contribution in [0.2, 0.25) is 21.1 Å². The predicted octanol–water partition coefficient (Wildman–Crippen LogP) is 5.33. The molecule has 0 heterocycles. The number of halogens is 7. The van der Waals surface area contributed by atoms with Gasteiger partial charge in [-0.3, -0.25) is 0 Å². The normalized spacial score (nSPS) is 3.58. The Morgan fingerprint density at radius 1 is 0.368 bits per heavy atom. The molecule has 0 aromatic heterocycles. The first kappa shape index (κ1) is 76.9. The third-order valence-electron chi connectivity index (χ3n) is 0. The van der Waals surface area contributed by atoms with Gasteiger partial charge in [0.1, 0.15) is 65.2 Å². The molecule has 0 unspecified atom stereocenters. The van der Waals surface area contributed by atoms with Crippen molar-refractivity contribution in [3.63, 3.8) is 0 Å². The van der Waals surface area contributed by atoms with E-state index < -0.39 is 0 Å². The second-order valence-electron chi connectivity index (χ2n) is 1.63. The Morgan fingerprint density at radius 3 is 0.368 bits per heavy atom. The molecule has 0 spiro atoms. The molecule has 0 aliphatic rings. The van der Waals surface area contributed by atoms with Gasteiger partial charge in [0, 0.05) is 0 Å². The minimum atomic E-state index is 0. The van der Waals surface area contributed by atoms with Gasteiger partial charge in [-0.15, -0.1) is 108 Å². The summed E-state index contributed by atoms with van der Waals surface area (Å²) in [5, 5.41) is 4.67. The minimum absolute atomic E-state index is 0. The SMILES string of the molecule is C[CH2][Al].C[CH2][Al].C[CH2][Al].C[CH2][Al].Cl.Cl.Cl.Cl.Cl.Cl.Cl. The molecule has 0 aromatic rings. The Morgan fingerprint density at radius 2 is 0.368 bits per heavy atom. The van der Waals surface area contributed by atoms with Gasteiger partial charge < -0.3 is 0 Å². The van der Waals surface area contributed by atoms with Crippen LogP contribution < -0.4 is 0 Å². The highest BCUT2D eigenvalue weighted by Gasteiger charge is 1.38. The molecule has 0 rings (SSSR count). The molecule has 120 valence electrons. The standard InChI is InChI=1S/4C2H5.4Al.7ClH/c4*1-2;;;;;;;;;;;/h4*1H2,2H3;;;;;7*1H. The summed E-state index contributed by atoms with van der Waals surface area (Å²) in [4.78, 5) is 0. The lowest BCUT2D eigenvalue weighted by atomic mass is 11.0. The van der Waals surface area contributed by atoms with Gasteiger partial charge in [0.15, 0.2) is 0 Å². The van der Waals surface area contributed by atoms with Crippen molar-refractivity contribution >= 4 is 152 Å². The molecule has 8 radical (unpaired) electrons. The zero-order valence-electron chi connectivity index (χ0n) is 12.0. The Labute approximate surface area is 198 Å². The summed E-state index contributed by atoms with van der Waals surface area (Å²) in [5.41, 5.74) is 0. The summed E-state index contributed by atoms with van der Waals surface area (Å²) in [6.45, 7) is 8.35. The first-order chi connectivity index (χ1) is 5.66. The average molecular weight is 479 g/mol. The van der Waals surface area contributed by atoms with Gasteiger partial charge in [0.2, 0.25) is 0 Å². The van der Waals surface area contributed by atoms with Crippen LogP contribution in [0.4, 0.5) is 0 Å². The van der Waals surface area contributed by atoms with Crippen molar-refractivity contribution in [3.05, 3.63) is 0 Å². The van der Waals surface area contributed by atoms with Gasteiger partial charge >= 0.3 is 0 Å². The van der Waals surface area contributed by atoms with Crippen LogP contribution in [-0.2, 0) is 0 Å². The minimum Gasteiger partial charge on any atom is -0.147 e. The second kappa shape index (κ2) is 149. The van der Waals surface area contributed by atoms with E-state index >= 15 is 0 Å². The summed E-state index contributed by atoms with van der Waals surface area (Å²) in [7, 11) is 0. The quantitative estimate of drug-likeness (QED) is 0.413. The zero-order chi connectivity index (χ0) is 10.8. The fourth-order valence-corrected chi connectivity index (χ4v) is 0. The van der Waals surface area contributed by atoms with Gasteiger partial charge in [-0.05, 0) is 0 Å². The van der Waals surface area contributed by atoms with E-state index in [4.69, 9.17) is 0 Å². The maximum atomic E-state index is 2.58. The van der Waals surface area contributed by atoms with Gasteiger partial charge in [-0.25, -0.2) is 0 Å². The average Bonchev–Trinajstić information content (AvgIpc) is 1.92. The van der Waals surface area contributed by atoms with Crippen molar-refractivity contribution in [2.45, 2.75) is 48.8 Å². The Kier molecular flexibility index (Phi) is 603. The van der Waals surface area contributed by atoms with Gasteiger partial charge in [-0.2, -0.15) is 0 Å². The monoisotopic (exact) mass is 476 g/mol. The molecule has 0 aliphatic heterocycles. The molecule has 0 bridgehead atoms. The highest BCUT2D eigenvalue weighted by molar-refractivity contribution is 6.08. The molecule has 0 saturated carbocycles. The summed E-state index contributed by atoms with van der Waals surface area (Å²) < 4.78 is 0. The van der Waals surface area contributed by atoms with Crippen molar-refractivity contribution in [2.24, 2.45) is 0 Å². The van der Waals surface area contributed by atoms with E-state index in [0.29, 0.717) is 0 Å². The largest absolute Gasteiger partial charge is 0.147 e. The highest BCUT2D eigenvalue weighted by Crippen LogP contribution is 1.50. The third-order valence-corrected chi connectivity index (χ3v) is 0. The van der Waals surface area contributed by atoms with Crippen LogP contribution in [0.25, 0.3) is 0 Å². The van der Waals surface area contributed by atoms with Crippen LogP contribution in [0.1, 0.15) is 27.7 Å². The molecule has 0 fully saturated rings. The lowest BCUT2D eigenvalue weighted by Gasteiger charge is -1.47. The van der Waals surface area contributed by atoms with E-state index in [2.05, 4.69) is 92.9 Å². The smallest absolute Gasteiger partial charge is 0.117 e. The van der Waals surface area contributed by atoms with Crippen molar-refractivity contribution in [2.75, 3.05) is 0 Å². The van der Waals surface area contributed by atoms with Crippen molar-refractivity contribution < 1.29 is 0 Å². The number of hydrogen-bond acceptors (Lipinski definition) is 0. The van der Waals surface area contributed by atoms with Crippen molar-refractivity contribution in [1.29, 1.82) is 0 Å². The van der Waals surface area contributed by atoms with Crippen LogP contribution in [0.15, 0.2) is 0 Å². The fraction of sp³-hybridized carbons (Fsp3) is 1.00. The lowest BCUT2D eigenvalue weighted by molar-refractivity contribution is 1.48. The van der Waals surface area contributed by atoms with Crippen LogP contribution in [0.3, 0.4) is 0 Å². The van der Waals surface area contributed by atoms with E-state index in [0.717, 1.165) is 0 Å². The molecule has 0 atom stereocenters. The Bertz CT molecular complexity index is 37.1. The summed E-state index contributed by atoms with van der Waals surface area (Å²) >= 11 is 10.3. The molecule has 0 aromatic carbocycles. The Balaban J connectivity index is -0.00000000444. The lowest BCUT2D eigenvalue weighted by Crippen LogP contribution is -1.41. The van der Waals surface area contributed by atoms with E-state index in [-0.39, 0.29) is 86.8 Å². The van der Waals surface area contributed by atoms with E-state index in [9.17, 15) is 0 Å². The molecule has 11 heteroatoms. The molecule has 0 saturated heterocycles. The molecule has 0 nitrogen and oxygen atoms in total. The summed E-state index contributed by atoms with van der Waals surface area (Å²) in [5.74, 6) is 0. The van der Waals surface area contributed by atoms with Crippen LogP contribution >= 0.6 is 86.8 Å². The first-order valence-electron chi connectivity index (χ1n) is 4.46. The van der Waals surface area contributed by atoms with Crippen molar-refractivity contribution in [3.8, 4) is 0 Å². The Hall–Kier alpha value is 4.16. The number of hydrogen-bond donors (Lipinski definition) is 0. The molecule has 0 aliphatic carbocycles. The number of rotatable bonds is 0. The molecule has 19 heavy (non-hydrogen) atoms. The van der Waals surface area contributed by atoms with Crippen LogP contribution in [-0.4, -0.2) is 65.2 Å². The summed E-state index contributed by atoms with van der Waals surface area (Å²) in [6, 6.07) is 0. The van der Waals surface area contributed by atoms with Gasteiger partial charge in [0.25, 0.3) is 0 Å². The van der Waals surface area contributed by atoms with Crippen LogP contribution in [0, 0.1) is 0 Å². The molecule has 0 N–H and O–H groups in total. The molecule has 0 amide bonds. The fourth-order valence-electron chi connectivity index (χ4n) is 0. The third kappa shape index (κ3) is 520. The summed E-state index contributed by atoms with van der Waals surface area (Å²) in [6.07, 6.45) is 0. The predicted molar refractivity (Wildman–Crippen MR) is 116 cm³/mol. The van der Waals surface area contributed by atoms with Gasteiger partial charge in [-0.1, -0.05) is 27.7 Å². The maximum absolute atomic E-state index is 2.58. The van der Waals surface area contributed by atoms with E-state index in [1.54, 1.807) is 0 Å². The van der Waals surface area contributed by atoms with E-state index in [1.807, 2.05) is 0 Å². The first-order valence-corrected chi connectivity index (χ1v) is 7.73. The maximum Gasteiger partial charge on any atom is 0.117 e. The highest BCUT2D eigenvalue weighted by atomic mass is 35.5. The topological polar surface area (TPSA) is 0 Å². The molecular weight excluding hydrogens is 452 g/mol. The van der Waals surface area contributed by atoms with Crippen molar-refractivity contribution in [1.82, 2.24) is 0 Å². The van der Waals surface area contributed by atoms with Gasteiger partial charge in [0.05, 0.1) is 0 Å². The molecular formula is C8H27Al4Cl7. The zero-order valence-corrected chi connectivity index (χ0v) is 22.3. The van der Waals surface area contributed by atoms with E-state index in [1.165, 1.54) is 21.1 Å².